The molecule has 1 aliphatic rings. The molecule has 0 bridgehead atoms. The van der Waals surface area contributed by atoms with Crippen LogP contribution < -0.4 is 5.32 Å². The topological polar surface area (TPSA) is 110 Å². The number of nitrogens with zero attached hydrogens (tertiary/aromatic N) is 2. The van der Waals surface area contributed by atoms with E-state index in [2.05, 4.69) is 5.32 Å². The van der Waals surface area contributed by atoms with Gasteiger partial charge in [0.15, 0.2) is 0 Å². The Kier molecular flexibility index (Phi) is 14.3. The molecule has 0 aliphatic heterocycles. The van der Waals surface area contributed by atoms with Gasteiger partial charge in [0.1, 0.15) is 12.6 Å². The Balaban J connectivity index is 1.86. The van der Waals surface area contributed by atoms with Crippen LogP contribution >= 0.6 is 11.3 Å². The Morgan fingerprint density at radius 2 is 1.64 bits per heavy atom. The third-order valence-corrected chi connectivity index (χ3v) is 9.75. The summed E-state index contributed by atoms with van der Waals surface area (Å²) in [5.41, 5.74) is 0.904. The third kappa shape index (κ3) is 11.0. The quantitative estimate of drug-likeness (QED) is 0.237. The molecule has 1 saturated carbocycles. The summed E-state index contributed by atoms with van der Waals surface area (Å²) in [7, 11) is 3.33. The molecule has 0 spiro atoms. The minimum Gasteiger partial charge on any atom is -0.390 e. The number of carbonyl (C=O) groups is 3. The second kappa shape index (κ2) is 17.7. The van der Waals surface area contributed by atoms with E-state index < -0.39 is 24.2 Å². The molecular weight excluding hydrogens is 574 g/mol. The van der Waals surface area contributed by atoms with Crippen molar-refractivity contribution < 1.29 is 24.6 Å². The molecule has 5 atom stereocenters. The van der Waals surface area contributed by atoms with Crippen molar-refractivity contribution in [3.63, 3.8) is 0 Å². The van der Waals surface area contributed by atoms with Gasteiger partial charge in [-0.05, 0) is 55.0 Å². The first-order valence-corrected chi connectivity index (χ1v) is 17.1. The van der Waals surface area contributed by atoms with Crippen LogP contribution in [0.2, 0.25) is 0 Å². The van der Waals surface area contributed by atoms with E-state index in [9.17, 15) is 24.6 Å². The molecule has 2 aromatic rings. The highest BCUT2D eigenvalue weighted by Gasteiger charge is 2.35. The lowest BCUT2D eigenvalue weighted by molar-refractivity contribution is -0.143. The summed E-state index contributed by atoms with van der Waals surface area (Å²) in [5.74, 6) is -0.935. The lowest BCUT2D eigenvalue weighted by atomic mass is 9.82. The Hall–Kier alpha value is -2.75. The second-order valence-electron chi connectivity index (χ2n) is 13.1. The highest BCUT2D eigenvalue weighted by atomic mass is 32.1. The smallest absolute Gasteiger partial charge is 0.241 e. The van der Waals surface area contributed by atoms with Crippen LogP contribution in [0.15, 0.2) is 47.8 Å². The van der Waals surface area contributed by atoms with E-state index in [0.29, 0.717) is 25.2 Å². The van der Waals surface area contributed by atoms with Crippen molar-refractivity contribution in [3.8, 4) is 0 Å². The summed E-state index contributed by atoms with van der Waals surface area (Å²) in [6, 6.07) is 12.5. The summed E-state index contributed by atoms with van der Waals surface area (Å²) in [6.07, 6.45) is 4.80. The van der Waals surface area contributed by atoms with Gasteiger partial charge in [0.05, 0.1) is 24.1 Å². The van der Waals surface area contributed by atoms with Gasteiger partial charge in [-0.1, -0.05) is 82.3 Å². The van der Waals surface area contributed by atoms with Gasteiger partial charge in [0.25, 0.3) is 0 Å². The van der Waals surface area contributed by atoms with Gasteiger partial charge in [-0.3, -0.25) is 14.4 Å². The second-order valence-corrected chi connectivity index (χ2v) is 14.2. The van der Waals surface area contributed by atoms with Crippen molar-refractivity contribution in [1.82, 2.24) is 15.1 Å². The number of hydrogen-bond acceptors (Lipinski definition) is 6. The fourth-order valence-electron chi connectivity index (χ4n) is 6.15. The number of benzene rings is 1. The van der Waals surface area contributed by atoms with Crippen LogP contribution in [0, 0.1) is 17.8 Å². The fraction of sp³-hybridized carbons (Fsp3) is 0.629. The zero-order valence-electron chi connectivity index (χ0n) is 27.2. The first-order valence-electron chi connectivity index (χ1n) is 16.2. The van der Waals surface area contributed by atoms with E-state index in [-0.39, 0.29) is 42.6 Å². The van der Waals surface area contributed by atoms with Crippen molar-refractivity contribution in [2.75, 3.05) is 20.6 Å². The van der Waals surface area contributed by atoms with Crippen molar-refractivity contribution in [2.45, 2.75) is 103 Å². The van der Waals surface area contributed by atoms with Gasteiger partial charge in [-0.25, -0.2) is 0 Å². The standard InChI is InChI=1S/C35H53N3O5S/c1-24(2)19-31(39)34(42)30(20-26-13-8-6-9-14-26)36-35(43)28(21-29-17-12-18-44-29)22-32(40)38(23-33(41)37(4)5)25(3)27-15-10-7-11-16-27/h7,10-12,15-18,24-26,28,30-31,34,39,42H,6,8-9,13-14,19-23H2,1-5H3,(H,36,43)/t25-,28+,30-,31-,34+/m0/s1. The average Bonchev–Trinajstić information content (AvgIpc) is 3.52. The normalized spacial score (nSPS) is 17.4. The van der Waals surface area contributed by atoms with Crippen LogP contribution in [0.3, 0.4) is 0 Å². The third-order valence-electron chi connectivity index (χ3n) is 8.85. The Morgan fingerprint density at radius 3 is 2.23 bits per heavy atom. The van der Waals surface area contributed by atoms with Crippen LogP contribution in [0.1, 0.15) is 88.6 Å². The maximum absolute atomic E-state index is 14.1. The summed E-state index contributed by atoms with van der Waals surface area (Å²) in [4.78, 5) is 44.9. The average molecular weight is 628 g/mol. The SMILES string of the molecule is CC(C)C[C@H](O)[C@H](O)[C@H](CC1CCCCC1)NC(=O)[C@@H](CC(=O)N(CC(=O)N(C)C)[C@@H](C)c1ccccc1)Cc1cccs1. The van der Waals surface area contributed by atoms with Crippen molar-refractivity contribution in [3.05, 3.63) is 58.3 Å². The molecule has 9 heteroatoms. The summed E-state index contributed by atoms with van der Waals surface area (Å²) in [5, 5.41) is 27.2. The lowest BCUT2D eigenvalue weighted by Gasteiger charge is -2.34. The molecule has 244 valence electrons. The molecule has 3 rings (SSSR count). The van der Waals surface area contributed by atoms with Crippen molar-refractivity contribution in [1.29, 1.82) is 0 Å². The van der Waals surface area contributed by atoms with E-state index >= 15 is 0 Å². The largest absolute Gasteiger partial charge is 0.390 e. The van der Waals surface area contributed by atoms with Crippen LogP contribution in [-0.4, -0.2) is 76.6 Å². The number of thiophene rings is 1. The number of aliphatic hydroxyl groups is 2. The zero-order chi connectivity index (χ0) is 32.2. The molecule has 1 fully saturated rings. The van der Waals surface area contributed by atoms with Gasteiger partial charge in [-0.2, -0.15) is 0 Å². The van der Waals surface area contributed by atoms with Crippen LogP contribution in [0.25, 0.3) is 0 Å². The Labute approximate surface area is 267 Å². The molecular formula is C35H53N3O5S. The highest BCUT2D eigenvalue weighted by molar-refractivity contribution is 7.09. The minimum absolute atomic E-state index is 0.0809. The van der Waals surface area contributed by atoms with Gasteiger partial charge in [0, 0.05) is 25.4 Å². The first kappa shape index (κ1) is 35.7. The monoisotopic (exact) mass is 627 g/mol. The molecule has 3 amide bonds. The van der Waals surface area contributed by atoms with E-state index in [1.165, 1.54) is 22.7 Å². The van der Waals surface area contributed by atoms with Crippen LogP contribution in [-0.2, 0) is 20.8 Å². The van der Waals surface area contributed by atoms with E-state index in [4.69, 9.17) is 0 Å². The molecule has 1 heterocycles. The molecule has 3 N–H and O–H groups in total. The molecule has 0 radical (unpaired) electrons. The first-order chi connectivity index (χ1) is 21.0. The zero-order valence-corrected chi connectivity index (χ0v) is 28.0. The minimum atomic E-state index is -1.10. The van der Waals surface area contributed by atoms with E-state index in [1.54, 1.807) is 19.0 Å². The number of carbonyl (C=O) groups excluding carboxylic acids is 3. The Bertz CT molecular complexity index is 1150. The molecule has 1 aromatic heterocycles. The van der Waals surface area contributed by atoms with Crippen LogP contribution in [0.5, 0.6) is 0 Å². The molecule has 8 nitrogen and oxygen atoms in total. The molecule has 0 saturated heterocycles. The molecule has 0 unspecified atom stereocenters. The lowest BCUT2D eigenvalue weighted by Crippen LogP contribution is -2.52. The predicted octanol–water partition coefficient (Wildman–Crippen LogP) is 5.20. The number of hydrogen-bond donors (Lipinski definition) is 3. The van der Waals surface area contributed by atoms with Gasteiger partial charge in [-0.15, -0.1) is 11.3 Å². The number of aliphatic hydroxyl groups excluding tert-OH is 2. The molecule has 1 aliphatic carbocycles. The fourth-order valence-corrected chi connectivity index (χ4v) is 6.94. The maximum Gasteiger partial charge on any atom is 0.241 e. The molecule has 1 aromatic carbocycles. The number of amides is 3. The van der Waals surface area contributed by atoms with Crippen molar-refractivity contribution in [2.24, 2.45) is 17.8 Å². The van der Waals surface area contributed by atoms with E-state index in [0.717, 1.165) is 36.1 Å². The maximum atomic E-state index is 14.1. The molecule has 44 heavy (non-hydrogen) atoms. The van der Waals surface area contributed by atoms with Gasteiger partial charge >= 0.3 is 0 Å². The highest BCUT2D eigenvalue weighted by Crippen LogP contribution is 2.30. The van der Waals surface area contributed by atoms with E-state index in [1.807, 2.05) is 68.6 Å². The number of rotatable bonds is 16. The van der Waals surface area contributed by atoms with Crippen molar-refractivity contribution >= 4 is 29.1 Å². The van der Waals surface area contributed by atoms with Crippen LogP contribution in [0.4, 0.5) is 0 Å². The van der Waals surface area contributed by atoms with Gasteiger partial charge < -0.3 is 25.3 Å². The number of likely N-dealkylation sites (N-methyl/N-ethyl adjacent to an activating group) is 1. The summed E-state index contributed by atoms with van der Waals surface area (Å²) >= 11 is 1.53. The predicted molar refractivity (Wildman–Crippen MR) is 176 cm³/mol. The van der Waals surface area contributed by atoms with Gasteiger partial charge in [0.2, 0.25) is 17.7 Å². The summed E-state index contributed by atoms with van der Waals surface area (Å²) in [6.45, 7) is 5.80. The Morgan fingerprint density at radius 1 is 0.955 bits per heavy atom. The summed E-state index contributed by atoms with van der Waals surface area (Å²) < 4.78 is 0. The number of nitrogens with one attached hydrogen (secondary N) is 1.